The third-order valence-electron chi connectivity index (χ3n) is 4.99. The largest absolute Gasteiger partial charge is 0.494 e. The van der Waals surface area contributed by atoms with Crippen molar-refractivity contribution in [3.05, 3.63) is 59.2 Å². The lowest BCUT2D eigenvalue weighted by Gasteiger charge is -2.27. The summed E-state index contributed by atoms with van der Waals surface area (Å²) in [5.74, 6) is 0.358. The van der Waals surface area contributed by atoms with Gasteiger partial charge < -0.3 is 19.5 Å². The van der Waals surface area contributed by atoms with E-state index in [-0.39, 0.29) is 12.6 Å². The topological polar surface area (TPSA) is 83.8 Å². The molecule has 0 saturated carbocycles. The number of carbonyl (C=O) groups is 1. The molecule has 3 rings (SSSR count). The molecule has 7 heteroatoms. The molecule has 0 aliphatic carbocycles. The Labute approximate surface area is 183 Å². The summed E-state index contributed by atoms with van der Waals surface area (Å²) in [4.78, 5) is 15.2. The summed E-state index contributed by atoms with van der Waals surface area (Å²) in [6.07, 6.45) is 0. The second-order valence-corrected chi connectivity index (χ2v) is 7.25. The van der Waals surface area contributed by atoms with Gasteiger partial charge in [-0.25, -0.2) is 4.79 Å². The van der Waals surface area contributed by atoms with Crippen LogP contribution < -0.4 is 10.1 Å². The zero-order valence-corrected chi connectivity index (χ0v) is 18.1. The van der Waals surface area contributed by atoms with Gasteiger partial charge in [0.2, 0.25) is 0 Å². The van der Waals surface area contributed by atoms with Gasteiger partial charge in [-0.2, -0.15) is 5.26 Å². The zero-order valence-electron chi connectivity index (χ0n) is 18.1. The molecule has 2 aromatic carbocycles. The van der Waals surface area contributed by atoms with Crippen molar-refractivity contribution in [3.8, 4) is 11.8 Å². The fourth-order valence-electron chi connectivity index (χ4n) is 3.52. The molecule has 7 nitrogen and oxygen atoms in total. The lowest BCUT2D eigenvalue weighted by Crippen LogP contribution is -2.35. The van der Waals surface area contributed by atoms with E-state index in [1.807, 2.05) is 25.1 Å². The van der Waals surface area contributed by atoms with Gasteiger partial charge in [-0.05, 0) is 61.4 Å². The Morgan fingerprint density at radius 1 is 1.16 bits per heavy atom. The summed E-state index contributed by atoms with van der Waals surface area (Å²) in [5, 5.41) is 12.3. The van der Waals surface area contributed by atoms with Gasteiger partial charge >= 0.3 is 5.97 Å². The minimum Gasteiger partial charge on any atom is -0.494 e. The van der Waals surface area contributed by atoms with Gasteiger partial charge in [-0.3, -0.25) is 4.90 Å². The Kier molecular flexibility index (Phi) is 8.27. The normalized spacial score (nSPS) is 15.0. The van der Waals surface area contributed by atoms with Crippen molar-refractivity contribution in [2.24, 2.45) is 0 Å². The van der Waals surface area contributed by atoms with Crippen molar-refractivity contribution in [2.45, 2.75) is 26.4 Å². The van der Waals surface area contributed by atoms with Crippen LogP contribution in [0.15, 0.2) is 42.5 Å². The van der Waals surface area contributed by atoms with Crippen LogP contribution in [0.5, 0.6) is 5.75 Å². The van der Waals surface area contributed by atoms with Gasteiger partial charge in [-0.15, -0.1) is 0 Å². The Morgan fingerprint density at radius 3 is 2.55 bits per heavy atom. The summed E-state index contributed by atoms with van der Waals surface area (Å²) < 4.78 is 16.6. The molecule has 0 bridgehead atoms. The fourth-order valence-corrected chi connectivity index (χ4v) is 3.52. The van der Waals surface area contributed by atoms with Crippen LogP contribution in [0.4, 0.5) is 5.69 Å². The number of anilines is 1. The van der Waals surface area contributed by atoms with Crippen LogP contribution in [0.1, 0.15) is 36.6 Å². The van der Waals surface area contributed by atoms with Gasteiger partial charge in [0.15, 0.2) is 6.04 Å². The molecule has 1 heterocycles. The Balaban J connectivity index is 1.91. The Hall–Kier alpha value is -3.08. The van der Waals surface area contributed by atoms with E-state index in [1.54, 1.807) is 31.2 Å². The standard InChI is InChI=1S/C24H29N3O4/c1-3-30-22-14-19(17-27-9-11-29-12-10-27)13-20(15-22)23(24(28)31-4-2)26-21-7-5-18(16-25)6-8-21/h5-8,13-15,23,26H,3-4,9-12,17H2,1-2H3. The minimum atomic E-state index is -0.697. The van der Waals surface area contributed by atoms with E-state index in [4.69, 9.17) is 19.5 Å². The lowest BCUT2D eigenvalue weighted by molar-refractivity contribution is -0.144. The molecule has 164 valence electrons. The van der Waals surface area contributed by atoms with Crippen LogP contribution >= 0.6 is 0 Å². The highest BCUT2D eigenvalue weighted by Gasteiger charge is 2.24. The van der Waals surface area contributed by atoms with Gasteiger partial charge in [-0.1, -0.05) is 6.07 Å². The van der Waals surface area contributed by atoms with Crippen molar-refractivity contribution in [1.82, 2.24) is 4.90 Å². The molecule has 1 aliphatic rings. The molecule has 2 aromatic rings. The van der Waals surface area contributed by atoms with Crippen LogP contribution in [0.2, 0.25) is 0 Å². The van der Waals surface area contributed by atoms with Crippen molar-refractivity contribution < 1.29 is 19.0 Å². The number of carbonyl (C=O) groups excluding carboxylic acids is 1. The molecule has 1 N–H and O–H groups in total. The van der Waals surface area contributed by atoms with E-state index in [0.717, 1.165) is 55.4 Å². The summed E-state index contributed by atoms with van der Waals surface area (Å²) in [6.45, 7) is 8.50. The number of nitrogens with zero attached hydrogens (tertiary/aromatic N) is 2. The number of benzene rings is 2. The Bertz CT molecular complexity index is 902. The summed E-state index contributed by atoms with van der Waals surface area (Å²) in [7, 11) is 0. The smallest absolute Gasteiger partial charge is 0.333 e. The predicted molar refractivity (Wildman–Crippen MR) is 118 cm³/mol. The van der Waals surface area contributed by atoms with E-state index in [2.05, 4.69) is 16.3 Å². The van der Waals surface area contributed by atoms with Crippen LogP contribution in [0.25, 0.3) is 0 Å². The van der Waals surface area contributed by atoms with E-state index < -0.39 is 6.04 Å². The average molecular weight is 424 g/mol. The van der Waals surface area contributed by atoms with Gasteiger partial charge in [0.25, 0.3) is 0 Å². The average Bonchev–Trinajstić information content (AvgIpc) is 2.79. The lowest BCUT2D eigenvalue weighted by atomic mass is 10.0. The highest BCUT2D eigenvalue weighted by Crippen LogP contribution is 2.27. The molecule has 0 aromatic heterocycles. The molecule has 31 heavy (non-hydrogen) atoms. The minimum absolute atomic E-state index is 0.288. The second kappa shape index (κ2) is 11.3. The van der Waals surface area contributed by atoms with Crippen molar-refractivity contribution >= 4 is 11.7 Å². The molecule has 1 atom stereocenters. The van der Waals surface area contributed by atoms with Crippen LogP contribution in [0.3, 0.4) is 0 Å². The van der Waals surface area contributed by atoms with Crippen LogP contribution in [0, 0.1) is 11.3 Å². The summed E-state index contributed by atoms with van der Waals surface area (Å²) in [6, 6.07) is 14.3. The molecule has 1 fully saturated rings. The zero-order chi connectivity index (χ0) is 22.1. The third kappa shape index (κ3) is 6.45. The monoisotopic (exact) mass is 423 g/mol. The van der Waals surface area contributed by atoms with E-state index in [1.165, 1.54) is 0 Å². The Morgan fingerprint density at radius 2 is 1.90 bits per heavy atom. The summed E-state index contributed by atoms with van der Waals surface area (Å²) >= 11 is 0. The third-order valence-corrected chi connectivity index (χ3v) is 4.99. The van der Waals surface area contributed by atoms with Crippen LogP contribution in [-0.2, 0) is 20.8 Å². The first-order chi connectivity index (χ1) is 15.1. The number of morpholine rings is 1. The first-order valence-corrected chi connectivity index (χ1v) is 10.6. The first-order valence-electron chi connectivity index (χ1n) is 10.6. The number of ether oxygens (including phenoxy) is 3. The summed E-state index contributed by atoms with van der Waals surface area (Å²) in [5.41, 5.74) is 3.13. The number of esters is 1. The molecule has 1 saturated heterocycles. The number of hydrogen-bond donors (Lipinski definition) is 1. The van der Waals surface area contributed by atoms with Crippen LogP contribution in [-0.4, -0.2) is 50.4 Å². The highest BCUT2D eigenvalue weighted by molar-refractivity contribution is 5.81. The SMILES string of the molecule is CCOC(=O)C(Nc1ccc(C#N)cc1)c1cc(CN2CCOCC2)cc(OCC)c1. The predicted octanol–water partition coefficient (Wildman–Crippen LogP) is 3.51. The molecule has 0 radical (unpaired) electrons. The van der Waals surface area contributed by atoms with Crippen molar-refractivity contribution in [2.75, 3.05) is 44.8 Å². The molecular weight excluding hydrogens is 394 g/mol. The van der Waals surface area contributed by atoms with Gasteiger partial charge in [0, 0.05) is 25.3 Å². The molecule has 0 spiro atoms. The molecular formula is C24H29N3O4. The van der Waals surface area contributed by atoms with E-state index in [0.29, 0.717) is 12.2 Å². The molecule has 0 amide bonds. The maximum absolute atomic E-state index is 12.8. The van der Waals surface area contributed by atoms with E-state index in [9.17, 15) is 4.79 Å². The molecule has 1 unspecified atom stereocenters. The van der Waals surface area contributed by atoms with Crippen molar-refractivity contribution in [1.29, 1.82) is 5.26 Å². The number of hydrogen-bond acceptors (Lipinski definition) is 7. The maximum atomic E-state index is 12.8. The quantitative estimate of drug-likeness (QED) is 0.618. The van der Waals surface area contributed by atoms with E-state index >= 15 is 0 Å². The number of nitriles is 1. The van der Waals surface area contributed by atoms with Gasteiger partial charge in [0.1, 0.15) is 5.75 Å². The first kappa shape index (κ1) is 22.6. The highest BCUT2D eigenvalue weighted by atomic mass is 16.5. The second-order valence-electron chi connectivity index (χ2n) is 7.25. The van der Waals surface area contributed by atoms with Crippen molar-refractivity contribution in [3.63, 3.8) is 0 Å². The molecule has 1 aliphatic heterocycles. The number of nitrogens with one attached hydrogen (secondary N) is 1. The number of rotatable bonds is 9. The van der Waals surface area contributed by atoms with Gasteiger partial charge in [0.05, 0.1) is 38.1 Å². The maximum Gasteiger partial charge on any atom is 0.333 e. The fraction of sp³-hybridized carbons (Fsp3) is 0.417.